The van der Waals surface area contributed by atoms with Gasteiger partial charge in [0.05, 0.1) is 35.1 Å². The van der Waals surface area contributed by atoms with Crippen molar-refractivity contribution in [2.45, 2.75) is 46.7 Å². The van der Waals surface area contributed by atoms with Crippen molar-refractivity contribution in [2.24, 2.45) is 9.98 Å². The molecule has 43 heavy (non-hydrogen) atoms. The molecule has 224 valence electrons. The molecular weight excluding hydrogens is 577 g/mol. The van der Waals surface area contributed by atoms with E-state index in [9.17, 15) is 18.4 Å². The lowest BCUT2D eigenvalue weighted by molar-refractivity contribution is -0.111. The molecule has 0 aliphatic carbocycles. The first-order valence-corrected chi connectivity index (χ1v) is 14.7. The molecule has 1 N–H and O–H groups in total. The van der Waals surface area contributed by atoms with Gasteiger partial charge in [0.25, 0.3) is 12.3 Å². The number of halogens is 3. The highest BCUT2D eigenvalue weighted by Gasteiger charge is 2.23. The third-order valence-electron chi connectivity index (χ3n) is 7.21. The molecule has 0 unspecified atom stereocenters. The first kappa shape index (κ1) is 30.3. The highest BCUT2D eigenvalue weighted by atomic mass is 32.1. The zero-order valence-electron chi connectivity index (χ0n) is 24.0. The van der Waals surface area contributed by atoms with Gasteiger partial charge < -0.3 is 5.32 Å². The van der Waals surface area contributed by atoms with E-state index in [4.69, 9.17) is 0 Å². The number of hydrogen-bond acceptors (Lipinski definition) is 7. The van der Waals surface area contributed by atoms with E-state index in [1.165, 1.54) is 24.3 Å². The van der Waals surface area contributed by atoms with E-state index in [2.05, 4.69) is 20.4 Å². The maximum absolute atomic E-state index is 15.1. The van der Waals surface area contributed by atoms with Crippen LogP contribution in [0.2, 0.25) is 0 Å². The largest absolute Gasteiger partial charge is 0.319 e. The summed E-state index contributed by atoms with van der Waals surface area (Å²) in [5.74, 6) is -0.984. The number of nitrogens with zero attached hydrogens (tertiary/aromatic N) is 5. The van der Waals surface area contributed by atoms with Crippen molar-refractivity contribution >= 4 is 56.0 Å². The number of benzene rings is 2. The molecule has 8 nitrogen and oxygen atoms in total. The molecule has 0 fully saturated rings. The molecule has 0 radical (unpaired) electrons. The first-order chi connectivity index (χ1) is 20.6. The second-order valence-corrected chi connectivity index (χ2v) is 11.3. The Morgan fingerprint density at radius 2 is 1.93 bits per heavy atom. The summed E-state index contributed by atoms with van der Waals surface area (Å²) in [6, 6.07) is 13.9. The monoisotopic (exact) mass is 608 g/mol. The van der Waals surface area contributed by atoms with Crippen molar-refractivity contribution in [3.05, 3.63) is 76.0 Å². The van der Waals surface area contributed by atoms with Crippen molar-refractivity contribution in [3.8, 4) is 0 Å². The molecule has 12 heteroatoms. The molecule has 1 aliphatic heterocycles. The maximum Gasteiger partial charge on any atom is 0.265 e. The number of ketones is 1. The number of aliphatic imine (C=N–C) groups is 2. The maximum atomic E-state index is 15.1. The zero-order chi connectivity index (χ0) is 30.7. The van der Waals surface area contributed by atoms with E-state index < -0.39 is 18.1 Å². The van der Waals surface area contributed by atoms with Gasteiger partial charge in [-0.1, -0.05) is 18.2 Å². The van der Waals surface area contributed by atoms with Crippen molar-refractivity contribution in [2.75, 3.05) is 25.0 Å². The van der Waals surface area contributed by atoms with Crippen LogP contribution in [0.1, 0.15) is 46.8 Å². The summed E-state index contributed by atoms with van der Waals surface area (Å²) in [5, 5.41) is 8.12. The molecule has 0 spiro atoms. The van der Waals surface area contributed by atoms with Crippen LogP contribution in [0.4, 0.5) is 24.7 Å². The fraction of sp³-hybridized carbons (Fsp3) is 0.323. The Bertz CT molecular complexity index is 1710. The van der Waals surface area contributed by atoms with Crippen LogP contribution in [-0.2, 0) is 17.9 Å². The molecule has 3 heterocycles. The number of aromatic nitrogens is 2. The summed E-state index contributed by atoms with van der Waals surface area (Å²) < 4.78 is 43.5. The highest BCUT2D eigenvalue weighted by molar-refractivity contribution is 7.20. The number of hydrogen-bond donors (Lipinski definition) is 1. The Kier molecular flexibility index (Phi) is 9.16. The van der Waals surface area contributed by atoms with Gasteiger partial charge in [0.15, 0.2) is 11.6 Å². The van der Waals surface area contributed by atoms with Crippen LogP contribution in [0.5, 0.6) is 0 Å². The number of amides is 1. The molecule has 1 amide bonds. The lowest BCUT2D eigenvalue weighted by Crippen LogP contribution is -2.36. The van der Waals surface area contributed by atoms with Crippen molar-refractivity contribution in [3.63, 3.8) is 0 Å². The van der Waals surface area contributed by atoms with Gasteiger partial charge in [-0.15, -0.1) is 11.3 Å². The van der Waals surface area contributed by atoms with Gasteiger partial charge in [-0.3, -0.25) is 24.2 Å². The number of carbonyl (C=O) groups excluding carboxylic acids is 2. The van der Waals surface area contributed by atoms with Crippen LogP contribution >= 0.6 is 11.3 Å². The van der Waals surface area contributed by atoms with Gasteiger partial charge >= 0.3 is 0 Å². The lowest BCUT2D eigenvalue weighted by atomic mass is 9.97. The summed E-state index contributed by atoms with van der Waals surface area (Å²) in [6.07, 6.45) is -2.37. The average molecular weight is 609 g/mol. The van der Waals surface area contributed by atoms with Crippen LogP contribution in [0.3, 0.4) is 0 Å². The molecule has 0 atom stereocenters. The first-order valence-electron chi connectivity index (χ1n) is 13.9. The summed E-state index contributed by atoms with van der Waals surface area (Å²) in [6.45, 7) is 6.24. The molecule has 2 aromatic carbocycles. The van der Waals surface area contributed by atoms with Gasteiger partial charge in [-0.2, -0.15) is 5.10 Å². The molecule has 0 saturated heterocycles. The molecule has 0 bridgehead atoms. The van der Waals surface area contributed by atoms with E-state index in [1.807, 2.05) is 31.2 Å². The Morgan fingerprint density at radius 1 is 1.14 bits per heavy atom. The van der Waals surface area contributed by atoms with Gasteiger partial charge in [-0.05, 0) is 49.1 Å². The normalized spacial score (nSPS) is 14.4. The SMILES string of the molecule is CCN=C(CC(=Nc1cc2n(n1)CCN(CC(F)F)C2)C(C)=O)c1ccc(F)c(NC(=O)c2cc3ccccc3s2)c1C. The van der Waals surface area contributed by atoms with Crippen molar-refractivity contribution < 1.29 is 22.8 Å². The highest BCUT2D eigenvalue weighted by Crippen LogP contribution is 2.29. The Morgan fingerprint density at radius 3 is 2.65 bits per heavy atom. The Balaban J connectivity index is 1.40. The molecule has 5 rings (SSSR count). The average Bonchev–Trinajstić information content (AvgIpc) is 3.58. The van der Waals surface area contributed by atoms with E-state index in [0.29, 0.717) is 53.7 Å². The molecule has 2 aromatic heterocycles. The number of alkyl halides is 2. The van der Waals surface area contributed by atoms with E-state index in [0.717, 1.165) is 15.8 Å². The van der Waals surface area contributed by atoms with Crippen LogP contribution in [0.25, 0.3) is 10.1 Å². The smallest absolute Gasteiger partial charge is 0.265 e. The predicted molar refractivity (Wildman–Crippen MR) is 164 cm³/mol. The number of nitrogens with one attached hydrogen (secondary N) is 1. The fourth-order valence-electron chi connectivity index (χ4n) is 5.09. The Labute approximate surface area is 250 Å². The zero-order valence-corrected chi connectivity index (χ0v) is 24.8. The van der Waals surface area contributed by atoms with Crippen LogP contribution in [0, 0.1) is 12.7 Å². The molecule has 4 aromatic rings. The molecule has 1 aliphatic rings. The summed E-state index contributed by atoms with van der Waals surface area (Å²) in [5.41, 5.74) is 2.55. The number of anilines is 1. The van der Waals surface area contributed by atoms with Gasteiger partial charge in [0, 0.05) is 55.0 Å². The summed E-state index contributed by atoms with van der Waals surface area (Å²) in [7, 11) is 0. The number of thiophene rings is 1. The third kappa shape index (κ3) is 6.91. The van der Waals surface area contributed by atoms with E-state index in [-0.39, 0.29) is 30.1 Å². The minimum Gasteiger partial charge on any atom is -0.319 e. The minimum absolute atomic E-state index is 0.0419. The second-order valence-electron chi connectivity index (χ2n) is 10.3. The van der Waals surface area contributed by atoms with Crippen molar-refractivity contribution in [1.82, 2.24) is 14.7 Å². The lowest BCUT2D eigenvalue weighted by Gasteiger charge is -2.26. The van der Waals surface area contributed by atoms with Gasteiger partial charge in [0.1, 0.15) is 5.82 Å². The number of fused-ring (bicyclic) bond motifs is 2. The van der Waals surface area contributed by atoms with Crippen LogP contribution < -0.4 is 5.32 Å². The van der Waals surface area contributed by atoms with Gasteiger partial charge in [-0.25, -0.2) is 18.2 Å². The topological polar surface area (TPSA) is 91.9 Å². The Hall–Kier alpha value is -4.16. The van der Waals surface area contributed by atoms with Gasteiger partial charge in [0.2, 0.25) is 0 Å². The number of carbonyl (C=O) groups is 2. The van der Waals surface area contributed by atoms with Crippen LogP contribution in [-0.4, -0.2) is 63.9 Å². The second kappa shape index (κ2) is 13.0. The number of Topliss-reactive ketones (excluding diaryl/α,β-unsaturated/α-hetero) is 1. The fourth-order valence-corrected chi connectivity index (χ4v) is 6.05. The number of rotatable bonds is 10. The van der Waals surface area contributed by atoms with E-state index in [1.54, 1.807) is 34.7 Å². The van der Waals surface area contributed by atoms with E-state index >= 15 is 4.39 Å². The standard InChI is InChI=1S/C31H31F3N6O2S/c1-4-35-25(15-24(19(3)41)36-29-14-21-16-39(17-28(33)34)11-12-40(21)38-29)22-9-10-23(32)30(18(22)2)37-31(42)27-13-20-7-5-6-8-26(20)43-27/h5-10,13-14,28H,4,11-12,15-17H2,1-3H3,(H,37,42). The summed E-state index contributed by atoms with van der Waals surface area (Å²) in [4.78, 5) is 37.0. The predicted octanol–water partition coefficient (Wildman–Crippen LogP) is 6.44. The third-order valence-corrected chi connectivity index (χ3v) is 8.33. The van der Waals surface area contributed by atoms with Crippen LogP contribution in [0.15, 0.2) is 58.5 Å². The molecular formula is C31H31F3N6O2S. The minimum atomic E-state index is -2.42. The molecule has 0 saturated carbocycles. The van der Waals surface area contributed by atoms with Crippen molar-refractivity contribution in [1.29, 1.82) is 0 Å². The quantitative estimate of drug-likeness (QED) is 0.210. The summed E-state index contributed by atoms with van der Waals surface area (Å²) >= 11 is 1.32.